The van der Waals surface area contributed by atoms with E-state index in [2.05, 4.69) is 43.8 Å². The van der Waals surface area contributed by atoms with E-state index in [1.54, 1.807) is 0 Å². The molecule has 6 nitrogen and oxygen atoms in total. The summed E-state index contributed by atoms with van der Waals surface area (Å²) in [4.78, 5) is 13.0. The number of halogens is 1. The molecule has 144 valence electrons. The van der Waals surface area contributed by atoms with Crippen LogP contribution in [0.25, 0.3) is 11.2 Å². The maximum atomic E-state index is 6.26. The van der Waals surface area contributed by atoms with Crippen LogP contribution in [0.2, 0.25) is 5.15 Å². The average Bonchev–Trinajstić information content (AvgIpc) is 3.44. The molecule has 0 spiro atoms. The topological polar surface area (TPSA) is 62.1 Å². The molecule has 1 saturated heterocycles. The van der Waals surface area contributed by atoms with Crippen LogP contribution in [0.5, 0.6) is 0 Å². The second kappa shape index (κ2) is 6.51. The molecule has 1 aliphatic heterocycles. The van der Waals surface area contributed by atoms with Gasteiger partial charge in [0.05, 0.1) is 38.3 Å². The lowest BCUT2D eigenvalue weighted by molar-refractivity contribution is 0.0311. The number of benzene rings is 1. The number of imidazole rings is 1. The molecular formula is C21H21ClN4O2. The molecule has 0 N–H and O–H groups in total. The molecule has 2 aromatic heterocycles. The smallest absolute Gasteiger partial charge is 0.165 e. The summed E-state index contributed by atoms with van der Waals surface area (Å²) in [7, 11) is 0. The van der Waals surface area contributed by atoms with Crippen molar-refractivity contribution in [3.8, 4) is 0 Å². The monoisotopic (exact) mass is 396 g/mol. The van der Waals surface area contributed by atoms with Crippen molar-refractivity contribution in [1.82, 2.24) is 19.5 Å². The minimum Gasteiger partial charge on any atom is -0.376 e. The molecule has 1 aromatic carbocycles. The molecule has 3 aromatic rings. The van der Waals surface area contributed by atoms with Crippen molar-refractivity contribution in [2.45, 2.75) is 25.2 Å². The largest absolute Gasteiger partial charge is 0.376 e. The molecule has 28 heavy (non-hydrogen) atoms. The Bertz CT molecular complexity index is 1010. The molecule has 6 atom stereocenters. The third-order valence-corrected chi connectivity index (χ3v) is 7.21. The first-order valence-electron chi connectivity index (χ1n) is 9.87. The number of rotatable bonds is 5. The van der Waals surface area contributed by atoms with Crippen molar-refractivity contribution in [3.63, 3.8) is 0 Å². The van der Waals surface area contributed by atoms with Crippen LogP contribution in [0.15, 0.2) is 43.0 Å². The lowest BCUT2D eigenvalue weighted by Gasteiger charge is -2.34. The van der Waals surface area contributed by atoms with Gasteiger partial charge in [0.1, 0.15) is 11.8 Å². The molecule has 0 radical (unpaired) electrons. The summed E-state index contributed by atoms with van der Waals surface area (Å²) in [6, 6.07) is 10.6. The fourth-order valence-electron chi connectivity index (χ4n) is 5.80. The van der Waals surface area contributed by atoms with E-state index in [4.69, 9.17) is 21.1 Å². The van der Waals surface area contributed by atoms with Crippen molar-refractivity contribution in [2.24, 2.45) is 23.7 Å². The molecule has 3 fully saturated rings. The molecule has 2 aliphatic carbocycles. The van der Waals surface area contributed by atoms with E-state index in [1.807, 2.05) is 12.4 Å². The highest BCUT2D eigenvalue weighted by atomic mass is 35.5. The molecule has 2 saturated carbocycles. The fraction of sp³-hybridized carbons (Fsp3) is 0.476. The van der Waals surface area contributed by atoms with E-state index < -0.39 is 0 Å². The second-order valence-electron chi connectivity index (χ2n) is 8.17. The van der Waals surface area contributed by atoms with Crippen LogP contribution in [-0.2, 0) is 16.1 Å². The fourth-order valence-corrected chi connectivity index (χ4v) is 5.98. The highest BCUT2D eigenvalue weighted by molar-refractivity contribution is 6.33. The van der Waals surface area contributed by atoms with E-state index in [0.29, 0.717) is 40.9 Å². The standard InChI is InChI=1S/C21H21ClN4O2/c22-20-17-21(24-10-23-20)26(11-25-17)18-13-6-14-16(9-28-19(14)18)15(13)8-27-7-12-4-2-1-3-5-12/h1-5,10-11,13-16,18-19H,6-9H2. The Morgan fingerprint density at radius 3 is 2.89 bits per heavy atom. The molecule has 0 amide bonds. The van der Waals surface area contributed by atoms with E-state index in [1.165, 1.54) is 18.3 Å². The SMILES string of the molecule is Clc1ncnc2c1ncn2C1C2CC3C(COC31)C2COCc1ccccc1. The minimum absolute atomic E-state index is 0.241. The van der Waals surface area contributed by atoms with Gasteiger partial charge in [-0.05, 0) is 35.7 Å². The number of fused-ring (bicyclic) bond motifs is 2. The number of aromatic nitrogens is 4. The summed E-state index contributed by atoms with van der Waals surface area (Å²) < 4.78 is 14.6. The summed E-state index contributed by atoms with van der Waals surface area (Å²) in [6.45, 7) is 2.27. The summed E-state index contributed by atoms with van der Waals surface area (Å²) in [5.74, 6) is 2.24. The van der Waals surface area contributed by atoms with Gasteiger partial charge in [0.2, 0.25) is 0 Å². The highest BCUT2D eigenvalue weighted by Crippen LogP contribution is 2.61. The maximum Gasteiger partial charge on any atom is 0.165 e. The van der Waals surface area contributed by atoms with Crippen LogP contribution in [0, 0.1) is 23.7 Å². The zero-order valence-electron chi connectivity index (χ0n) is 15.3. The van der Waals surface area contributed by atoms with Crippen molar-refractivity contribution in [3.05, 3.63) is 53.7 Å². The van der Waals surface area contributed by atoms with Crippen LogP contribution in [-0.4, -0.2) is 38.8 Å². The Hall–Kier alpha value is -2.02. The van der Waals surface area contributed by atoms with E-state index in [9.17, 15) is 0 Å². The van der Waals surface area contributed by atoms with Crippen molar-refractivity contribution >= 4 is 22.8 Å². The minimum atomic E-state index is 0.241. The Kier molecular flexibility index (Phi) is 3.93. The average molecular weight is 397 g/mol. The highest BCUT2D eigenvalue weighted by Gasteiger charge is 2.62. The number of ether oxygens (including phenoxy) is 2. The third-order valence-electron chi connectivity index (χ3n) is 6.93. The summed E-state index contributed by atoms with van der Waals surface area (Å²) in [5, 5.41) is 0.403. The Morgan fingerprint density at radius 2 is 2.00 bits per heavy atom. The Labute approximate surface area is 167 Å². The Balaban J connectivity index is 1.26. The van der Waals surface area contributed by atoms with Crippen LogP contribution in [0.3, 0.4) is 0 Å². The van der Waals surface area contributed by atoms with E-state index in [-0.39, 0.29) is 12.1 Å². The molecule has 3 heterocycles. The van der Waals surface area contributed by atoms with Gasteiger partial charge in [0, 0.05) is 0 Å². The first kappa shape index (κ1) is 16.9. The maximum absolute atomic E-state index is 6.26. The summed E-state index contributed by atoms with van der Waals surface area (Å²) in [6.07, 6.45) is 4.80. The van der Waals surface area contributed by atoms with Crippen molar-refractivity contribution < 1.29 is 9.47 Å². The van der Waals surface area contributed by atoms with E-state index >= 15 is 0 Å². The molecule has 7 heteroatoms. The zero-order chi connectivity index (χ0) is 18.7. The first-order valence-corrected chi connectivity index (χ1v) is 10.3. The number of hydrogen-bond acceptors (Lipinski definition) is 5. The van der Waals surface area contributed by atoms with Crippen molar-refractivity contribution in [1.29, 1.82) is 0 Å². The number of hydrogen-bond donors (Lipinski definition) is 0. The van der Waals surface area contributed by atoms with Gasteiger partial charge in [0.25, 0.3) is 0 Å². The molecule has 6 unspecified atom stereocenters. The van der Waals surface area contributed by atoms with Gasteiger partial charge in [-0.2, -0.15) is 0 Å². The lowest BCUT2D eigenvalue weighted by Crippen LogP contribution is -2.36. The predicted molar refractivity (Wildman–Crippen MR) is 104 cm³/mol. The van der Waals surface area contributed by atoms with Gasteiger partial charge < -0.3 is 14.0 Å². The predicted octanol–water partition coefficient (Wildman–Crippen LogP) is 3.52. The molecule has 2 bridgehead atoms. The van der Waals surface area contributed by atoms with Crippen LogP contribution in [0.1, 0.15) is 18.0 Å². The molecular weight excluding hydrogens is 376 g/mol. The third kappa shape index (κ3) is 2.44. The van der Waals surface area contributed by atoms with E-state index in [0.717, 1.165) is 18.9 Å². The molecule has 3 aliphatic rings. The van der Waals surface area contributed by atoms with Gasteiger partial charge in [-0.15, -0.1) is 0 Å². The van der Waals surface area contributed by atoms with Gasteiger partial charge in [0.15, 0.2) is 10.8 Å². The number of nitrogens with zero attached hydrogens (tertiary/aromatic N) is 4. The zero-order valence-corrected chi connectivity index (χ0v) is 16.1. The molecule has 6 rings (SSSR count). The quantitative estimate of drug-likeness (QED) is 0.617. The van der Waals surface area contributed by atoms with Crippen molar-refractivity contribution in [2.75, 3.05) is 13.2 Å². The summed E-state index contributed by atoms with van der Waals surface area (Å²) >= 11 is 6.21. The Morgan fingerprint density at radius 1 is 1.11 bits per heavy atom. The summed E-state index contributed by atoms with van der Waals surface area (Å²) in [5.41, 5.74) is 2.68. The normalized spacial score (nSPS) is 33.2. The lowest BCUT2D eigenvalue weighted by atomic mass is 9.78. The van der Waals surface area contributed by atoms with Gasteiger partial charge >= 0.3 is 0 Å². The second-order valence-corrected chi connectivity index (χ2v) is 8.53. The first-order chi connectivity index (χ1) is 13.8. The van der Waals surface area contributed by atoms with Crippen LogP contribution >= 0.6 is 11.6 Å². The van der Waals surface area contributed by atoms with Gasteiger partial charge in [-0.1, -0.05) is 41.9 Å². The van der Waals surface area contributed by atoms with Gasteiger partial charge in [-0.3, -0.25) is 0 Å². The van der Waals surface area contributed by atoms with Gasteiger partial charge in [-0.25, -0.2) is 15.0 Å². The van der Waals surface area contributed by atoms with Crippen LogP contribution in [0.4, 0.5) is 0 Å². The van der Waals surface area contributed by atoms with Crippen LogP contribution < -0.4 is 0 Å².